The average Bonchev–Trinajstić information content (AvgIpc) is 2.33. The zero-order chi connectivity index (χ0) is 13.5. The number of anilines is 1. The van der Waals surface area contributed by atoms with Crippen LogP contribution in [0.2, 0.25) is 5.02 Å². The van der Waals surface area contributed by atoms with Crippen LogP contribution in [-0.2, 0) is 11.3 Å². The van der Waals surface area contributed by atoms with Gasteiger partial charge < -0.3 is 10.1 Å². The summed E-state index contributed by atoms with van der Waals surface area (Å²) in [7, 11) is 0. The monoisotopic (exact) mass is 273 g/mol. The largest absolute Gasteiger partial charge is 0.380 e. The van der Waals surface area contributed by atoms with Gasteiger partial charge in [0.1, 0.15) is 5.02 Å². The molecule has 0 atom stereocenters. The second kappa shape index (κ2) is 7.38. The number of nitrogens with zero attached hydrogens (tertiary/aromatic N) is 2. The summed E-state index contributed by atoms with van der Waals surface area (Å²) in [5.74, 6) is 0. The summed E-state index contributed by atoms with van der Waals surface area (Å²) < 4.78 is 6.76. The van der Waals surface area contributed by atoms with E-state index < -0.39 is 0 Å². The van der Waals surface area contributed by atoms with Gasteiger partial charge in [-0.1, -0.05) is 18.5 Å². The molecule has 1 aromatic heterocycles. The van der Waals surface area contributed by atoms with Crippen molar-refractivity contribution in [3.05, 3.63) is 21.6 Å². The highest BCUT2D eigenvalue weighted by molar-refractivity contribution is 6.32. The van der Waals surface area contributed by atoms with E-state index in [1.54, 1.807) is 6.20 Å². The Hall–Kier alpha value is -1.07. The molecule has 1 rings (SSSR count). The van der Waals surface area contributed by atoms with Crippen molar-refractivity contribution in [1.82, 2.24) is 9.78 Å². The van der Waals surface area contributed by atoms with Crippen LogP contribution in [0.3, 0.4) is 0 Å². The zero-order valence-corrected chi connectivity index (χ0v) is 11.8. The molecule has 0 aromatic carbocycles. The highest BCUT2D eigenvalue weighted by atomic mass is 35.5. The third-order valence-corrected chi connectivity index (χ3v) is 2.65. The van der Waals surface area contributed by atoms with Crippen molar-refractivity contribution >= 4 is 17.3 Å². The molecule has 0 unspecified atom stereocenters. The van der Waals surface area contributed by atoms with Gasteiger partial charge in [0.15, 0.2) is 0 Å². The maximum Gasteiger partial charge on any atom is 0.287 e. The lowest BCUT2D eigenvalue weighted by Crippen LogP contribution is -2.24. The summed E-state index contributed by atoms with van der Waals surface area (Å²) in [6.45, 7) is 7.66. The number of nitrogens with one attached hydrogen (secondary N) is 1. The molecule has 18 heavy (non-hydrogen) atoms. The zero-order valence-electron chi connectivity index (χ0n) is 11.1. The van der Waals surface area contributed by atoms with E-state index in [-0.39, 0.29) is 16.7 Å². The highest BCUT2D eigenvalue weighted by Gasteiger charge is 2.08. The molecule has 0 radical (unpaired) electrons. The summed E-state index contributed by atoms with van der Waals surface area (Å²) in [6.07, 6.45) is 2.62. The first kappa shape index (κ1) is 15.0. The molecule has 0 aliphatic carbocycles. The number of halogens is 1. The van der Waals surface area contributed by atoms with Crippen LogP contribution in [0.5, 0.6) is 0 Å². The van der Waals surface area contributed by atoms with Crippen LogP contribution in [0.4, 0.5) is 5.69 Å². The molecule has 1 N–H and O–H groups in total. The Morgan fingerprint density at radius 2 is 2.28 bits per heavy atom. The Morgan fingerprint density at radius 3 is 2.89 bits per heavy atom. The minimum absolute atomic E-state index is 0.183. The number of hydrogen-bond acceptors (Lipinski definition) is 4. The summed E-state index contributed by atoms with van der Waals surface area (Å²) in [6, 6.07) is 0. The molecule has 1 aromatic rings. The molecule has 0 bridgehead atoms. The van der Waals surface area contributed by atoms with Crippen molar-refractivity contribution in [3.8, 4) is 0 Å². The molecule has 0 saturated carbocycles. The third-order valence-electron chi connectivity index (χ3n) is 2.29. The van der Waals surface area contributed by atoms with Crippen molar-refractivity contribution in [2.75, 3.05) is 18.5 Å². The fourth-order valence-corrected chi connectivity index (χ4v) is 1.65. The van der Waals surface area contributed by atoms with E-state index in [0.29, 0.717) is 25.4 Å². The summed E-state index contributed by atoms with van der Waals surface area (Å²) in [4.78, 5) is 11.8. The van der Waals surface area contributed by atoms with E-state index in [1.807, 2.05) is 20.8 Å². The highest BCUT2D eigenvalue weighted by Crippen LogP contribution is 2.14. The molecule has 1 heterocycles. The van der Waals surface area contributed by atoms with Gasteiger partial charge >= 0.3 is 0 Å². The van der Waals surface area contributed by atoms with Crippen molar-refractivity contribution in [2.24, 2.45) is 0 Å². The molecule has 0 amide bonds. The van der Waals surface area contributed by atoms with Gasteiger partial charge in [0.05, 0.1) is 24.6 Å². The molecule has 102 valence electrons. The second-order valence-corrected chi connectivity index (χ2v) is 4.62. The third kappa shape index (κ3) is 4.31. The topological polar surface area (TPSA) is 56.1 Å². The fourth-order valence-electron chi connectivity index (χ4n) is 1.44. The van der Waals surface area contributed by atoms with Crippen molar-refractivity contribution < 1.29 is 4.74 Å². The quantitative estimate of drug-likeness (QED) is 0.774. The molecule has 0 fully saturated rings. The van der Waals surface area contributed by atoms with Gasteiger partial charge in [-0.25, -0.2) is 4.68 Å². The van der Waals surface area contributed by atoms with E-state index in [0.717, 1.165) is 6.42 Å². The van der Waals surface area contributed by atoms with Crippen LogP contribution >= 0.6 is 11.6 Å². The lowest BCUT2D eigenvalue weighted by molar-refractivity contribution is 0.0870. The Balaban J connectivity index is 2.62. The fraction of sp³-hybridized carbons (Fsp3) is 0.667. The van der Waals surface area contributed by atoms with Crippen LogP contribution in [-0.4, -0.2) is 29.0 Å². The lowest BCUT2D eigenvalue weighted by atomic mass is 10.4. The van der Waals surface area contributed by atoms with Crippen LogP contribution in [0.1, 0.15) is 27.2 Å². The Labute approximate surface area is 112 Å². The molecule has 5 nitrogen and oxygen atoms in total. The van der Waals surface area contributed by atoms with Gasteiger partial charge in [-0.3, -0.25) is 4.79 Å². The van der Waals surface area contributed by atoms with Crippen LogP contribution in [0.25, 0.3) is 0 Å². The summed E-state index contributed by atoms with van der Waals surface area (Å²) >= 11 is 6.00. The van der Waals surface area contributed by atoms with Crippen LogP contribution in [0.15, 0.2) is 11.0 Å². The standard InChI is InChI=1S/C12H20ClN3O2/c1-4-6-16-12(17)11(13)10(8-15-16)14-5-7-18-9(2)3/h8-9,14H,4-7H2,1-3H3. The van der Waals surface area contributed by atoms with Crippen molar-refractivity contribution in [1.29, 1.82) is 0 Å². The normalized spacial score (nSPS) is 10.9. The van der Waals surface area contributed by atoms with Crippen LogP contribution < -0.4 is 10.9 Å². The van der Waals surface area contributed by atoms with Crippen molar-refractivity contribution in [3.63, 3.8) is 0 Å². The first-order chi connectivity index (χ1) is 8.56. The van der Waals surface area contributed by atoms with E-state index in [4.69, 9.17) is 16.3 Å². The van der Waals surface area contributed by atoms with E-state index in [1.165, 1.54) is 4.68 Å². The number of hydrogen-bond donors (Lipinski definition) is 1. The number of ether oxygens (including phenoxy) is 1. The van der Waals surface area contributed by atoms with Gasteiger partial charge in [-0.15, -0.1) is 0 Å². The smallest absolute Gasteiger partial charge is 0.287 e. The first-order valence-corrected chi connectivity index (χ1v) is 6.55. The summed E-state index contributed by atoms with van der Waals surface area (Å²) in [5.41, 5.74) is 0.301. The maximum absolute atomic E-state index is 11.8. The molecule has 6 heteroatoms. The second-order valence-electron chi connectivity index (χ2n) is 4.25. The Morgan fingerprint density at radius 1 is 1.56 bits per heavy atom. The van der Waals surface area contributed by atoms with Gasteiger partial charge in [0, 0.05) is 13.1 Å². The summed E-state index contributed by atoms with van der Waals surface area (Å²) in [5, 5.41) is 7.29. The molecular weight excluding hydrogens is 254 g/mol. The molecule has 0 aliphatic heterocycles. The predicted octanol–water partition coefficient (Wildman–Crippen LogP) is 2.14. The molecule has 0 aliphatic rings. The Kier molecular flexibility index (Phi) is 6.15. The Bertz CT molecular complexity index is 432. The maximum atomic E-state index is 11.8. The minimum atomic E-state index is -0.256. The predicted molar refractivity (Wildman–Crippen MR) is 73.4 cm³/mol. The van der Waals surface area contributed by atoms with E-state index >= 15 is 0 Å². The SMILES string of the molecule is CCCn1ncc(NCCOC(C)C)c(Cl)c1=O. The number of aromatic nitrogens is 2. The van der Waals surface area contributed by atoms with E-state index in [9.17, 15) is 4.79 Å². The average molecular weight is 274 g/mol. The van der Waals surface area contributed by atoms with Crippen LogP contribution in [0, 0.1) is 0 Å². The molecular formula is C12H20ClN3O2. The molecule has 0 spiro atoms. The number of rotatable bonds is 7. The lowest BCUT2D eigenvalue weighted by Gasteiger charge is -2.11. The first-order valence-electron chi connectivity index (χ1n) is 6.17. The number of aryl methyl sites for hydroxylation is 1. The molecule has 0 saturated heterocycles. The van der Waals surface area contributed by atoms with Gasteiger partial charge in [-0.2, -0.15) is 5.10 Å². The van der Waals surface area contributed by atoms with Gasteiger partial charge in [-0.05, 0) is 20.3 Å². The minimum Gasteiger partial charge on any atom is -0.380 e. The van der Waals surface area contributed by atoms with Gasteiger partial charge in [0.2, 0.25) is 0 Å². The van der Waals surface area contributed by atoms with E-state index in [2.05, 4.69) is 10.4 Å². The van der Waals surface area contributed by atoms with Crippen molar-refractivity contribution in [2.45, 2.75) is 39.8 Å². The van der Waals surface area contributed by atoms with Gasteiger partial charge in [0.25, 0.3) is 5.56 Å².